The third kappa shape index (κ3) is 3.07. The van der Waals surface area contributed by atoms with E-state index in [0.717, 1.165) is 5.69 Å². The number of aromatic nitrogens is 2. The van der Waals surface area contributed by atoms with E-state index in [4.69, 9.17) is 5.73 Å². The van der Waals surface area contributed by atoms with Gasteiger partial charge in [0.05, 0.1) is 17.1 Å². The molecule has 1 amide bonds. The van der Waals surface area contributed by atoms with Crippen LogP contribution in [0.3, 0.4) is 0 Å². The van der Waals surface area contributed by atoms with Gasteiger partial charge in [-0.3, -0.25) is 4.79 Å². The van der Waals surface area contributed by atoms with Crippen LogP contribution in [-0.4, -0.2) is 26.6 Å². The molecule has 0 spiro atoms. The summed E-state index contributed by atoms with van der Waals surface area (Å²) >= 11 is 0. The summed E-state index contributed by atoms with van der Waals surface area (Å²) in [4.78, 5) is 18.8. The average molecular weight is 278 g/mol. The zero-order valence-electron chi connectivity index (χ0n) is 10.3. The predicted molar refractivity (Wildman–Crippen MR) is 72.1 cm³/mol. The topological polar surface area (TPSA) is 101 Å². The first-order valence-corrected chi connectivity index (χ1v) is 6.79. The van der Waals surface area contributed by atoms with Gasteiger partial charge in [-0.25, -0.2) is 9.19 Å². The van der Waals surface area contributed by atoms with Crippen molar-refractivity contribution in [3.8, 4) is 0 Å². The number of nitrogens with one attached hydrogen (secondary N) is 2. The van der Waals surface area contributed by atoms with Gasteiger partial charge in [-0.15, -0.1) is 0 Å². The van der Waals surface area contributed by atoms with E-state index in [9.17, 15) is 9.00 Å². The number of benzene rings is 1. The maximum atomic E-state index is 12.4. The third-order valence-electron chi connectivity index (χ3n) is 2.40. The molecular formula is C12H14N4O2S. The molecule has 100 valence electrons. The Hall–Kier alpha value is -1.99. The van der Waals surface area contributed by atoms with Crippen molar-refractivity contribution in [3.05, 3.63) is 36.2 Å². The van der Waals surface area contributed by atoms with E-state index in [0.29, 0.717) is 15.7 Å². The number of aryl methyl sites for hydroxylation is 1. The molecule has 2 rings (SSSR count). The quantitative estimate of drug-likeness (QED) is 0.769. The molecule has 1 atom stereocenters. The molecule has 0 saturated heterocycles. The molecule has 0 radical (unpaired) electrons. The van der Waals surface area contributed by atoms with Crippen molar-refractivity contribution in [1.82, 2.24) is 9.97 Å². The SMILES string of the molecule is Cc1cnc(S(=O)c2ccccc2NC(=O)CN)[nH]1. The minimum absolute atomic E-state index is 0.124. The van der Waals surface area contributed by atoms with Crippen molar-refractivity contribution in [1.29, 1.82) is 0 Å². The Balaban J connectivity index is 2.34. The van der Waals surface area contributed by atoms with Gasteiger partial charge >= 0.3 is 0 Å². The maximum Gasteiger partial charge on any atom is 0.238 e. The van der Waals surface area contributed by atoms with E-state index in [1.54, 1.807) is 30.5 Å². The van der Waals surface area contributed by atoms with E-state index in [-0.39, 0.29) is 12.5 Å². The Morgan fingerprint density at radius 1 is 1.47 bits per heavy atom. The molecular weight excluding hydrogens is 264 g/mol. The normalized spacial score (nSPS) is 12.1. The number of nitrogens with two attached hydrogens (primary N) is 1. The lowest BCUT2D eigenvalue weighted by Crippen LogP contribution is -2.22. The fourth-order valence-electron chi connectivity index (χ4n) is 1.52. The first-order valence-electron chi connectivity index (χ1n) is 5.64. The summed E-state index contributed by atoms with van der Waals surface area (Å²) in [5, 5.41) is 2.97. The number of imidazole rings is 1. The largest absolute Gasteiger partial charge is 0.335 e. The van der Waals surface area contributed by atoms with Gasteiger partial charge in [0.2, 0.25) is 11.1 Å². The molecule has 2 aromatic rings. The van der Waals surface area contributed by atoms with Crippen LogP contribution in [0.15, 0.2) is 40.5 Å². The lowest BCUT2D eigenvalue weighted by Gasteiger charge is -2.08. The average Bonchev–Trinajstić information content (AvgIpc) is 2.85. The van der Waals surface area contributed by atoms with Crippen LogP contribution in [0.4, 0.5) is 5.69 Å². The second-order valence-electron chi connectivity index (χ2n) is 3.89. The zero-order valence-corrected chi connectivity index (χ0v) is 11.2. The van der Waals surface area contributed by atoms with Gasteiger partial charge in [-0.1, -0.05) is 12.1 Å². The molecule has 19 heavy (non-hydrogen) atoms. The van der Waals surface area contributed by atoms with E-state index >= 15 is 0 Å². The van der Waals surface area contributed by atoms with Crippen molar-refractivity contribution in [2.45, 2.75) is 17.0 Å². The number of para-hydroxylation sites is 1. The molecule has 0 fully saturated rings. The van der Waals surface area contributed by atoms with Crippen LogP contribution < -0.4 is 11.1 Å². The Morgan fingerprint density at radius 2 is 2.21 bits per heavy atom. The first kappa shape index (κ1) is 13.4. The summed E-state index contributed by atoms with van der Waals surface area (Å²) in [5.74, 6) is -0.333. The van der Waals surface area contributed by atoms with E-state index in [2.05, 4.69) is 15.3 Å². The van der Waals surface area contributed by atoms with Crippen LogP contribution >= 0.6 is 0 Å². The van der Waals surface area contributed by atoms with Crippen molar-refractivity contribution in [2.75, 3.05) is 11.9 Å². The summed E-state index contributed by atoms with van der Waals surface area (Å²) in [6, 6.07) is 6.86. The fourth-order valence-corrected chi connectivity index (χ4v) is 2.65. The van der Waals surface area contributed by atoms with Crippen LogP contribution in [0.25, 0.3) is 0 Å². The molecule has 1 aromatic heterocycles. The lowest BCUT2D eigenvalue weighted by atomic mass is 10.3. The molecule has 0 bridgehead atoms. The highest BCUT2D eigenvalue weighted by Gasteiger charge is 2.15. The summed E-state index contributed by atoms with van der Waals surface area (Å²) in [6.07, 6.45) is 1.61. The van der Waals surface area contributed by atoms with Crippen LogP contribution in [-0.2, 0) is 15.6 Å². The number of amides is 1. The second kappa shape index (κ2) is 5.77. The minimum atomic E-state index is -1.48. The number of aromatic amines is 1. The minimum Gasteiger partial charge on any atom is -0.335 e. The second-order valence-corrected chi connectivity index (χ2v) is 5.25. The number of nitrogens with zero attached hydrogens (tertiary/aromatic N) is 1. The Bertz CT molecular complexity index is 624. The van der Waals surface area contributed by atoms with E-state index in [1.165, 1.54) is 0 Å². The van der Waals surface area contributed by atoms with Crippen molar-refractivity contribution >= 4 is 22.4 Å². The molecule has 0 aliphatic carbocycles. The fraction of sp³-hybridized carbons (Fsp3) is 0.167. The van der Waals surface area contributed by atoms with Crippen LogP contribution in [0.5, 0.6) is 0 Å². The molecule has 7 heteroatoms. The molecule has 1 unspecified atom stereocenters. The highest BCUT2D eigenvalue weighted by atomic mass is 32.2. The molecule has 1 aromatic carbocycles. The maximum absolute atomic E-state index is 12.4. The Morgan fingerprint density at radius 3 is 2.84 bits per heavy atom. The van der Waals surface area contributed by atoms with Gasteiger partial charge in [0.15, 0.2) is 0 Å². The molecule has 0 aliphatic heterocycles. The highest BCUT2D eigenvalue weighted by Crippen LogP contribution is 2.22. The number of rotatable bonds is 4. The number of carbonyl (C=O) groups excluding carboxylic acids is 1. The van der Waals surface area contributed by atoms with Gasteiger partial charge in [0.25, 0.3) is 0 Å². The molecule has 1 heterocycles. The summed E-state index contributed by atoms with van der Waals surface area (Å²) in [7, 11) is -1.48. The molecule has 0 aliphatic rings. The van der Waals surface area contributed by atoms with Crippen LogP contribution in [0.1, 0.15) is 5.69 Å². The third-order valence-corrected chi connectivity index (χ3v) is 3.72. The smallest absolute Gasteiger partial charge is 0.238 e. The van der Waals surface area contributed by atoms with Crippen molar-refractivity contribution < 1.29 is 9.00 Å². The highest BCUT2D eigenvalue weighted by molar-refractivity contribution is 7.85. The van der Waals surface area contributed by atoms with Gasteiger partial charge < -0.3 is 16.0 Å². The molecule has 4 N–H and O–H groups in total. The number of H-pyrrole nitrogens is 1. The number of anilines is 1. The predicted octanol–water partition coefficient (Wildman–Crippen LogP) is 0.782. The monoisotopic (exact) mass is 278 g/mol. The van der Waals surface area contributed by atoms with Gasteiger partial charge in [0.1, 0.15) is 10.8 Å². The van der Waals surface area contributed by atoms with E-state index in [1.807, 2.05) is 6.92 Å². The Labute approximate surface area is 112 Å². The number of hydrogen-bond acceptors (Lipinski definition) is 4. The van der Waals surface area contributed by atoms with Gasteiger partial charge in [-0.05, 0) is 19.1 Å². The summed E-state index contributed by atoms with van der Waals surface area (Å²) in [6.45, 7) is 1.70. The molecule has 6 nitrogen and oxygen atoms in total. The van der Waals surface area contributed by atoms with Crippen molar-refractivity contribution in [3.63, 3.8) is 0 Å². The van der Waals surface area contributed by atoms with Crippen LogP contribution in [0, 0.1) is 6.92 Å². The van der Waals surface area contributed by atoms with Crippen molar-refractivity contribution in [2.24, 2.45) is 5.73 Å². The Kier molecular flexibility index (Phi) is 4.08. The summed E-state index contributed by atoms with van der Waals surface area (Å²) in [5.41, 5.74) is 6.56. The van der Waals surface area contributed by atoms with E-state index < -0.39 is 10.8 Å². The lowest BCUT2D eigenvalue weighted by molar-refractivity contribution is -0.114. The zero-order chi connectivity index (χ0) is 13.8. The standard InChI is InChI=1S/C12H14N4O2S/c1-8-7-14-12(15-8)19(18)10-5-3-2-4-9(10)16-11(17)6-13/h2-5,7H,6,13H2,1H3,(H,14,15)(H,16,17). The van der Waals surface area contributed by atoms with Gasteiger partial charge in [0, 0.05) is 11.9 Å². The van der Waals surface area contributed by atoms with Crippen LogP contribution in [0.2, 0.25) is 0 Å². The molecule has 0 saturated carbocycles. The number of carbonyl (C=O) groups is 1. The first-order chi connectivity index (χ1) is 9.11. The van der Waals surface area contributed by atoms with Gasteiger partial charge in [-0.2, -0.15) is 0 Å². The summed E-state index contributed by atoms with van der Waals surface area (Å²) < 4.78 is 12.4. The number of hydrogen-bond donors (Lipinski definition) is 3.